The Morgan fingerprint density at radius 2 is 2.11 bits per heavy atom. The molecule has 1 aromatic heterocycles. The summed E-state index contributed by atoms with van der Waals surface area (Å²) in [5.74, 6) is -1.57. The summed E-state index contributed by atoms with van der Waals surface area (Å²) in [7, 11) is 0. The highest BCUT2D eigenvalue weighted by Gasteiger charge is 2.12. The van der Waals surface area contributed by atoms with Crippen LogP contribution in [0.25, 0.3) is 0 Å². The van der Waals surface area contributed by atoms with Crippen molar-refractivity contribution in [3.8, 4) is 0 Å². The molecule has 1 heterocycles. The second-order valence-corrected chi connectivity index (χ2v) is 3.96. The predicted octanol–water partition coefficient (Wildman–Crippen LogP) is 1.22. The second kappa shape index (κ2) is 7.15. The maximum absolute atomic E-state index is 11.6. The molecule has 0 atom stereocenters. The second-order valence-electron chi connectivity index (χ2n) is 3.17. The monoisotopic (exact) mass is 292 g/mol. The molecule has 0 aliphatic rings. The van der Waals surface area contributed by atoms with Gasteiger partial charge in [0.05, 0.1) is 11.6 Å². The SMILES string of the molecule is O=C(O)COCCNC(=O)c1nc(Cl)ccc1Cl. The van der Waals surface area contributed by atoms with Crippen LogP contribution in [-0.2, 0) is 9.53 Å². The zero-order valence-electron chi connectivity index (χ0n) is 9.15. The Hall–Kier alpha value is -1.37. The van der Waals surface area contributed by atoms with Gasteiger partial charge in [0.15, 0.2) is 0 Å². The van der Waals surface area contributed by atoms with Gasteiger partial charge in [0.25, 0.3) is 5.91 Å². The van der Waals surface area contributed by atoms with Crippen molar-refractivity contribution < 1.29 is 19.4 Å². The van der Waals surface area contributed by atoms with Gasteiger partial charge in [-0.15, -0.1) is 0 Å². The highest BCUT2D eigenvalue weighted by Crippen LogP contribution is 2.16. The fraction of sp³-hybridized carbons (Fsp3) is 0.300. The van der Waals surface area contributed by atoms with Gasteiger partial charge in [0.2, 0.25) is 0 Å². The van der Waals surface area contributed by atoms with E-state index in [1.54, 1.807) is 0 Å². The molecule has 2 N–H and O–H groups in total. The number of carboxylic acids is 1. The minimum absolute atomic E-state index is 0.0161. The van der Waals surface area contributed by atoms with E-state index in [9.17, 15) is 9.59 Å². The number of aliphatic carboxylic acids is 1. The van der Waals surface area contributed by atoms with Crippen LogP contribution >= 0.6 is 23.2 Å². The maximum atomic E-state index is 11.6. The van der Waals surface area contributed by atoms with Crippen LogP contribution in [0, 0.1) is 0 Å². The number of carbonyl (C=O) groups excluding carboxylic acids is 1. The topological polar surface area (TPSA) is 88.5 Å². The molecule has 0 saturated carbocycles. The first-order chi connectivity index (χ1) is 8.50. The van der Waals surface area contributed by atoms with Gasteiger partial charge in [0, 0.05) is 6.54 Å². The first kappa shape index (κ1) is 14.7. The third-order valence-corrected chi connectivity index (χ3v) is 2.30. The van der Waals surface area contributed by atoms with E-state index in [-0.39, 0.29) is 29.0 Å². The lowest BCUT2D eigenvalue weighted by Gasteiger charge is -2.06. The van der Waals surface area contributed by atoms with Gasteiger partial charge in [0.1, 0.15) is 17.5 Å². The smallest absolute Gasteiger partial charge is 0.329 e. The molecule has 18 heavy (non-hydrogen) atoms. The molecule has 0 radical (unpaired) electrons. The molecule has 0 saturated heterocycles. The van der Waals surface area contributed by atoms with Crippen LogP contribution in [0.4, 0.5) is 0 Å². The van der Waals surface area contributed by atoms with Gasteiger partial charge in [-0.2, -0.15) is 0 Å². The van der Waals surface area contributed by atoms with Gasteiger partial charge in [-0.3, -0.25) is 4.79 Å². The van der Waals surface area contributed by atoms with Crippen molar-refractivity contribution in [2.75, 3.05) is 19.8 Å². The van der Waals surface area contributed by atoms with E-state index in [1.807, 2.05) is 0 Å². The van der Waals surface area contributed by atoms with Crippen LogP contribution < -0.4 is 5.32 Å². The van der Waals surface area contributed by atoms with E-state index in [4.69, 9.17) is 33.0 Å². The van der Waals surface area contributed by atoms with Crippen LogP contribution in [0.15, 0.2) is 12.1 Å². The predicted molar refractivity (Wildman–Crippen MR) is 65.0 cm³/mol. The Morgan fingerprint density at radius 3 is 2.78 bits per heavy atom. The highest BCUT2D eigenvalue weighted by atomic mass is 35.5. The number of aromatic nitrogens is 1. The minimum atomic E-state index is -1.07. The Labute approximate surface area is 113 Å². The third-order valence-electron chi connectivity index (χ3n) is 1.78. The fourth-order valence-corrected chi connectivity index (χ4v) is 1.40. The van der Waals surface area contributed by atoms with Gasteiger partial charge < -0.3 is 15.2 Å². The first-order valence-electron chi connectivity index (χ1n) is 4.90. The Balaban J connectivity index is 2.41. The largest absolute Gasteiger partial charge is 0.480 e. The number of nitrogens with one attached hydrogen (secondary N) is 1. The summed E-state index contributed by atoms with van der Waals surface area (Å²) in [4.78, 5) is 25.6. The van der Waals surface area contributed by atoms with E-state index in [1.165, 1.54) is 12.1 Å². The van der Waals surface area contributed by atoms with Crippen molar-refractivity contribution in [3.63, 3.8) is 0 Å². The molecule has 8 heteroatoms. The minimum Gasteiger partial charge on any atom is -0.480 e. The summed E-state index contributed by atoms with van der Waals surface area (Å²) >= 11 is 11.4. The van der Waals surface area contributed by atoms with Gasteiger partial charge in [-0.1, -0.05) is 23.2 Å². The zero-order chi connectivity index (χ0) is 13.5. The molecule has 1 aromatic rings. The Morgan fingerprint density at radius 1 is 1.39 bits per heavy atom. The van der Waals surface area contributed by atoms with Crippen LogP contribution in [0.2, 0.25) is 10.2 Å². The quantitative estimate of drug-likeness (QED) is 0.608. The van der Waals surface area contributed by atoms with E-state index in [0.29, 0.717) is 0 Å². The molecule has 0 bridgehead atoms. The molecule has 0 spiro atoms. The fourth-order valence-electron chi connectivity index (χ4n) is 1.06. The number of carbonyl (C=O) groups is 2. The molecule has 98 valence electrons. The van der Waals surface area contributed by atoms with Crippen molar-refractivity contribution in [1.82, 2.24) is 10.3 Å². The normalized spacial score (nSPS) is 10.1. The average molecular weight is 293 g/mol. The van der Waals surface area contributed by atoms with Crippen molar-refractivity contribution >= 4 is 35.1 Å². The third kappa shape index (κ3) is 4.87. The standard InChI is InChI=1S/C10H10Cl2N2O4/c11-6-1-2-7(12)14-9(6)10(17)13-3-4-18-5-8(15)16/h1-2H,3-5H2,(H,13,17)(H,15,16). The van der Waals surface area contributed by atoms with Crippen LogP contribution in [-0.4, -0.2) is 41.7 Å². The summed E-state index contributed by atoms with van der Waals surface area (Å²) in [5.41, 5.74) is 0.0161. The molecule has 0 aromatic carbocycles. The summed E-state index contributed by atoms with van der Waals surface area (Å²) in [5, 5.41) is 11.1. The van der Waals surface area contributed by atoms with Crippen molar-refractivity contribution in [2.45, 2.75) is 0 Å². The number of amides is 1. The van der Waals surface area contributed by atoms with Crippen LogP contribution in [0.3, 0.4) is 0 Å². The lowest BCUT2D eigenvalue weighted by molar-refractivity contribution is -0.142. The number of hydrogen-bond donors (Lipinski definition) is 2. The van der Waals surface area contributed by atoms with Gasteiger partial charge >= 0.3 is 5.97 Å². The van der Waals surface area contributed by atoms with Crippen LogP contribution in [0.5, 0.6) is 0 Å². The number of carboxylic acid groups (broad SMARTS) is 1. The van der Waals surface area contributed by atoms with E-state index >= 15 is 0 Å². The van der Waals surface area contributed by atoms with Gasteiger partial charge in [-0.25, -0.2) is 9.78 Å². The molecular formula is C10H10Cl2N2O4. The lowest BCUT2D eigenvalue weighted by Crippen LogP contribution is -2.28. The molecule has 1 rings (SSSR count). The number of pyridine rings is 1. The zero-order valence-corrected chi connectivity index (χ0v) is 10.7. The molecular weight excluding hydrogens is 283 g/mol. The summed E-state index contributed by atoms with van der Waals surface area (Å²) < 4.78 is 4.74. The van der Waals surface area contributed by atoms with Crippen molar-refractivity contribution in [3.05, 3.63) is 28.0 Å². The molecule has 1 amide bonds. The number of ether oxygens (including phenoxy) is 1. The Bertz CT molecular complexity index is 454. The highest BCUT2D eigenvalue weighted by molar-refractivity contribution is 6.34. The molecule has 6 nitrogen and oxygen atoms in total. The van der Waals surface area contributed by atoms with Crippen LogP contribution in [0.1, 0.15) is 10.5 Å². The maximum Gasteiger partial charge on any atom is 0.329 e. The number of halogens is 2. The van der Waals surface area contributed by atoms with E-state index in [0.717, 1.165) is 0 Å². The van der Waals surface area contributed by atoms with Gasteiger partial charge in [-0.05, 0) is 12.1 Å². The molecule has 0 aliphatic heterocycles. The van der Waals surface area contributed by atoms with Crippen molar-refractivity contribution in [1.29, 1.82) is 0 Å². The molecule has 0 unspecified atom stereocenters. The van der Waals surface area contributed by atoms with Crippen molar-refractivity contribution in [2.24, 2.45) is 0 Å². The Kier molecular flexibility index (Phi) is 5.84. The number of hydrogen-bond acceptors (Lipinski definition) is 4. The summed E-state index contributed by atoms with van der Waals surface area (Å²) in [6.45, 7) is -0.182. The van der Waals surface area contributed by atoms with E-state index < -0.39 is 18.5 Å². The molecule has 0 aliphatic carbocycles. The molecule has 0 fully saturated rings. The average Bonchev–Trinajstić information content (AvgIpc) is 2.31. The number of nitrogens with zero attached hydrogens (tertiary/aromatic N) is 1. The van der Waals surface area contributed by atoms with E-state index in [2.05, 4.69) is 10.3 Å². The lowest BCUT2D eigenvalue weighted by atomic mass is 10.3. The first-order valence-corrected chi connectivity index (χ1v) is 5.66. The summed E-state index contributed by atoms with van der Waals surface area (Å²) in [6.07, 6.45) is 0. The number of rotatable bonds is 6. The summed E-state index contributed by atoms with van der Waals surface area (Å²) in [6, 6.07) is 2.93.